The second-order valence-corrected chi connectivity index (χ2v) is 10.3. The summed E-state index contributed by atoms with van der Waals surface area (Å²) in [6, 6.07) is 26.4. The van der Waals surface area contributed by atoms with Gasteiger partial charge in [-0.15, -0.1) is 0 Å². The van der Waals surface area contributed by atoms with Crippen LogP contribution in [0.1, 0.15) is 55.7 Å². The average Bonchev–Trinajstić information content (AvgIpc) is 3.69. The van der Waals surface area contributed by atoms with Gasteiger partial charge >= 0.3 is 5.97 Å². The highest BCUT2D eigenvalue weighted by Crippen LogP contribution is 2.36. The van der Waals surface area contributed by atoms with E-state index in [-0.39, 0.29) is 18.5 Å². The Morgan fingerprint density at radius 1 is 0.868 bits per heavy atom. The molecule has 5 heteroatoms. The third-order valence-corrected chi connectivity index (χ3v) is 7.30. The predicted octanol–water partition coefficient (Wildman–Crippen LogP) is 6.21. The van der Waals surface area contributed by atoms with Crippen molar-refractivity contribution in [1.82, 2.24) is 4.90 Å². The number of rotatable bonds is 11. The van der Waals surface area contributed by atoms with Crippen LogP contribution in [0.4, 0.5) is 0 Å². The largest absolute Gasteiger partial charge is 0.491 e. The Hall–Kier alpha value is -3.41. The Labute approximate surface area is 225 Å². The number of carbonyl (C=O) groups is 1. The Morgan fingerprint density at radius 3 is 2.05 bits per heavy atom. The van der Waals surface area contributed by atoms with Crippen LogP contribution < -0.4 is 9.47 Å². The van der Waals surface area contributed by atoms with Crippen molar-refractivity contribution in [2.45, 2.75) is 45.1 Å². The standard InChI is InChI=1S/C33H37NO4/c1-2-31(24-8-4-3-5-9-24)32(26-14-18-30(19-15-26)38-33(36)27-10-11-27)25-12-16-29(17-13-25)37-23-28(35)22-34-20-6-7-21-34/h3-5,8-9,12-19,27-28,35H,2,6-7,10-11,20-23H2,1H3. The molecule has 5 nitrogen and oxygen atoms in total. The van der Waals surface area contributed by atoms with Crippen molar-refractivity contribution in [2.75, 3.05) is 26.2 Å². The van der Waals surface area contributed by atoms with Crippen molar-refractivity contribution in [2.24, 2.45) is 5.92 Å². The van der Waals surface area contributed by atoms with E-state index in [4.69, 9.17) is 9.47 Å². The van der Waals surface area contributed by atoms with E-state index in [0.717, 1.165) is 54.8 Å². The van der Waals surface area contributed by atoms with Gasteiger partial charge in [0.1, 0.15) is 24.2 Å². The van der Waals surface area contributed by atoms with Gasteiger partial charge in [0, 0.05) is 6.54 Å². The lowest BCUT2D eigenvalue weighted by Crippen LogP contribution is -2.33. The van der Waals surface area contributed by atoms with Crippen LogP contribution in [0.5, 0.6) is 11.5 Å². The molecule has 1 saturated heterocycles. The van der Waals surface area contributed by atoms with Gasteiger partial charge in [-0.25, -0.2) is 0 Å². The molecule has 1 atom stereocenters. The molecule has 38 heavy (non-hydrogen) atoms. The fourth-order valence-electron chi connectivity index (χ4n) is 5.11. The summed E-state index contributed by atoms with van der Waals surface area (Å²) in [5.74, 6) is 1.26. The molecule has 2 fully saturated rings. The van der Waals surface area contributed by atoms with E-state index in [1.165, 1.54) is 24.0 Å². The minimum absolute atomic E-state index is 0.0666. The summed E-state index contributed by atoms with van der Waals surface area (Å²) < 4.78 is 11.5. The number of benzene rings is 3. The first-order valence-corrected chi connectivity index (χ1v) is 13.8. The molecule has 2 aliphatic rings. The van der Waals surface area contributed by atoms with Gasteiger partial charge in [-0.3, -0.25) is 4.79 Å². The Morgan fingerprint density at radius 2 is 1.47 bits per heavy atom. The molecule has 3 aromatic rings. The van der Waals surface area contributed by atoms with Gasteiger partial charge in [0.2, 0.25) is 0 Å². The zero-order chi connectivity index (χ0) is 26.3. The number of allylic oxidation sites excluding steroid dienone is 1. The minimum atomic E-state index is -0.500. The van der Waals surface area contributed by atoms with Crippen molar-refractivity contribution in [3.8, 4) is 11.5 Å². The summed E-state index contributed by atoms with van der Waals surface area (Å²) in [6.07, 6.45) is 4.64. The maximum absolute atomic E-state index is 12.1. The summed E-state index contributed by atoms with van der Waals surface area (Å²) >= 11 is 0. The van der Waals surface area contributed by atoms with E-state index < -0.39 is 6.10 Å². The smallest absolute Gasteiger partial charge is 0.314 e. The van der Waals surface area contributed by atoms with Gasteiger partial charge in [-0.2, -0.15) is 0 Å². The molecule has 3 aromatic carbocycles. The van der Waals surface area contributed by atoms with Gasteiger partial charge < -0.3 is 19.5 Å². The van der Waals surface area contributed by atoms with Crippen LogP contribution in [-0.2, 0) is 4.79 Å². The normalized spacial score (nSPS) is 17.1. The molecular formula is C33H37NO4. The van der Waals surface area contributed by atoms with Crippen molar-refractivity contribution in [3.63, 3.8) is 0 Å². The third-order valence-electron chi connectivity index (χ3n) is 7.30. The van der Waals surface area contributed by atoms with E-state index >= 15 is 0 Å². The van der Waals surface area contributed by atoms with Gasteiger partial charge in [0.25, 0.3) is 0 Å². The Kier molecular flexibility index (Phi) is 8.57. The lowest BCUT2D eigenvalue weighted by atomic mass is 9.88. The Bertz CT molecular complexity index is 1220. The van der Waals surface area contributed by atoms with Crippen LogP contribution >= 0.6 is 0 Å². The zero-order valence-corrected chi connectivity index (χ0v) is 22.1. The van der Waals surface area contributed by atoms with Gasteiger partial charge in [0.15, 0.2) is 0 Å². The van der Waals surface area contributed by atoms with Crippen LogP contribution in [0, 0.1) is 5.92 Å². The van der Waals surface area contributed by atoms with Gasteiger partial charge in [-0.05, 0) is 97.3 Å². The molecule has 198 valence electrons. The molecule has 0 aromatic heterocycles. The number of hydrogen-bond donors (Lipinski definition) is 1. The molecule has 1 N–H and O–H groups in total. The summed E-state index contributed by atoms with van der Waals surface area (Å²) in [5, 5.41) is 10.4. The maximum Gasteiger partial charge on any atom is 0.314 e. The number of ether oxygens (including phenoxy) is 2. The topological polar surface area (TPSA) is 59.0 Å². The number of aliphatic hydroxyl groups excluding tert-OH is 1. The number of carbonyl (C=O) groups excluding carboxylic acids is 1. The second-order valence-electron chi connectivity index (χ2n) is 10.3. The first kappa shape index (κ1) is 26.2. The van der Waals surface area contributed by atoms with E-state index in [2.05, 4.69) is 48.2 Å². The fraction of sp³-hybridized carbons (Fsp3) is 0.364. The third kappa shape index (κ3) is 6.72. The first-order valence-electron chi connectivity index (χ1n) is 13.8. The van der Waals surface area contributed by atoms with E-state index in [1.54, 1.807) is 0 Å². The maximum atomic E-state index is 12.1. The van der Waals surface area contributed by atoms with Crippen molar-refractivity contribution in [3.05, 3.63) is 95.6 Å². The molecule has 0 radical (unpaired) electrons. The van der Waals surface area contributed by atoms with Crippen LogP contribution in [-0.4, -0.2) is 48.3 Å². The predicted molar refractivity (Wildman–Crippen MR) is 151 cm³/mol. The van der Waals surface area contributed by atoms with Crippen molar-refractivity contribution in [1.29, 1.82) is 0 Å². The second kappa shape index (κ2) is 12.4. The molecule has 0 amide bonds. The molecule has 5 rings (SSSR count). The average molecular weight is 512 g/mol. The van der Waals surface area contributed by atoms with Gasteiger partial charge in [0.05, 0.1) is 5.92 Å². The zero-order valence-electron chi connectivity index (χ0n) is 22.1. The van der Waals surface area contributed by atoms with Crippen LogP contribution in [0.15, 0.2) is 78.9 Å². The van der Waals surface area contributed by atoms with Gasteiger partial charge in [-0.1, -0.05) is 61.5 Å². The quantitative estimate of drug-likeness (QED) is 0.189. The molecule has 0 bridgehead atoms. The SMILES string of the molecule is CCC(=C(c1ccc(OCC(O)CN2CCCC2)cc1)c1ccc(OC(=O)C2CC2)cc1)c1ccccc1. The summed E-state index contributed by atoms with van der Waals surface area (Å²) in [4.78, 5) is 14.4. The minimum Gasteiger partial charge on any atom is -0.491 e. The van der Waals surface area contributed by atoms with Crippen LogP contribution in [0.3, 0.4) is 0 Å². The molecule has 0 spiro atoms. The monoisotopic (exact) mass is 511 g/mol. The van der Waals surface area contributed by atoms with Crippen molar-refractivity contribution >= 4 is 17.1 Å². The molecular weight excluding hydrogens is 474 g/mol. The summed E-state index contributed by atoms with van der Waals surface area (Å²) in [7, 11) is 0. The lowest BCUT2D eigenvalue weighted by Gasteiger charge is -2.20. The molecule has 1 heterocycles. The molecule has 1 aliphatic heterocycles. The van der Waals surface area contributed by atoms with Crippen LogP contribution in [0.2, 0.25) is 0 Å². The van der Waals surface area contributed by atoms with E-state index in [9.17, 15) is 9.90 Å². The highest BCUT2D eigenvalue weighted by Gasteiger charge is 2.31. The number of hydrogen-bond acceptors (Lipinski definition) is 5. The van der Waals surface area contributed by atoms with E-state index in [0.29, 0.717) is 12.3 Å². The first-order chi connectivity index (χ1) is 18.6. The molecule has 1 saturated carbocycles. The number of nitrogens with zero attached hydrogens (tertiary/aromatic N) is 1. The summed E-state index contributed by atoms with van der Waals surface area (Å²) in [5.41, 5.74) is 5.70. The number of aliphatic hydroxyl groups is 1. The molecule has 1 unspecified atom stereocenters. The number of esters is 1. The Balaban J connectivity index is 1.37. The van der Waals surface area contributed by atoms with E-state index in [1.807, 2.05) is 42.5 Å². The summed E-state index contributed by atoms with van der Waals surface area (Å²) in [6.45, 7) is 5.24. The lowest BCUT2D eigenvalue weighted by molar-refractivity contribution is -0.135. The van der Waals surface area contributed by atoms with Crippen LogP contribution in [0.25, 0.3) is 11.1 Å². The fourth-order valence-corrected chi connectivity index (χ4v) is 5.11. The number of β-amino-alcohol motifs (C(OH)–C–C–N with tert-alkyl or cyclic N) is 1. The molecule has 1 aliphatic carbocycles. The van der Waals surface area contributed by atoms with Crippen molar-refractivity contribution < 1.29 is 19.4 Å². The highest BCUT2D eigenvalue weighted by atomic mass is 16.5. The highest BCUT2D eigenvalue weighted by molar-refractivity contribution is 5.98. The number of likely N-dealkylation sites (tertiary alicyclic amines) is 1.